The van der Waals surface area contributed by atoms with Crippen LogP contribution in [0.15, 0.2) is 0 Å². The number of hydrogen-bond donors (Lipinski definition) is 1. The van der Waals surface area contributed by atoms with Gasteiger partial charge >= 0.3 is 0 Å². The largest absolute Gasteiger partial charge is 0.384 e. The van der Waals surface area contributed by atoms with Crippen molar-refractivity contribution < 1.29 is 9.53 Å². The summed E-state index contributed by atoms with van der Waals surface area (Å²) in [7, 11) is 1.63. The maximum atomic E-state index is 12.7. The first-order valence-electron chi connectivity index (χ1n) is 11.4. The van der Waals surface area contributed by atoms with Crippen LogP contribution in [0.2, 0.25) is 0 Å². The fourth-order valence-electron chi connectivity index (χ4n) is 4.91. The zero-order chi connectivity index (χ0) is 21.1. The number of piperazine rings is 1. The van der Waals surface area contributed by atoms with Gasteiger partial charge in [-0.3, -0.25) is 4.79 Å². The van der Waals surface area contributed by atoms with E-state index in [9.17, 15) is 10.1 Å². The number of ether oxygens (including phenoxy) is 1. The number of pyridine rings is 1. The van der Waals surface area contributed by atoms with Crippen LogP contribution in [0.1, 0.15) is 67.3 Å². The molecule has 1 atom stereocenters. The van der Waals surface area contributed by atoms with Crippen LogP contribution >= 0.6 is 0 Å². The normalized spacial score (nSPS) is 21.3. The van der Waals surface area contributed by atoms with Crippen molar-refractivity contribution in [2.45, 2.75) is 64.0 Å². The second-order valence-corrected chi connectivity index (χ2v) is 8.68. The molecule has 1 N–H and O–H groups in total. The monoisotopic (exact) mass is 411 g/mol. The van der Waals surface area contributed by atoms with E-state index in [0.717, 1.165) is 56.8 Å². The molecule has 0 aromatic carbocycles. The number of nitriles is 1. The SMILES string of the molecule is CCC[C@@H]1CN(c2nc(C3CC3)c3c(c2C#N)CCNC3)CCN1C(=O)CCOC. The maximum absolute atomic E-state index is 12.7. The molecule has 2 fully saturated rings. The Morgan fingerprint density at radius 2 is 2.17 bits per heavy atom. The first kappa shape index (κ1) is 21.1. The third-order valence-corrected chi connectivity index (χ3v) is 6.60. The van der Waals surface area contributed by atoms with E-state index in [1.165, 1.54) is 29.7 Å². The first-order valence-corrected chi connectivity index (χ1v) is 11.4. The summed E-state index contributed by atoms with van der Waals surface area (Å²) in [6.07, 6.45) is 5.70. The molecular formula is C23H33N5O2. The molecule has 30 heavy (non-hydrogen) atoms. The van der Waals surface area contributed by atoms with Gasteiger partial charge in [0.25, 0.3) is 0 Å². The summed E-state index contributed by atoms with van der Waals surface area (Å²) in [4.78, 5) is 22.1. The molecule has 1 aromatic heterocycles. The van der Waals surface area contributed by atoms with Crippen LogP contribution in [0.3, 0.4) is 0 Å². The molecule has 0 radical (unpaired) electrons. The molecule has 2 aliphatic heterocycles. The molecule has 1 saturated carbocycles. The molecule has 162 valence electrons. The molecule has 3 aliphatic rings. The van der Waals surface area contributed by atoms with Crippen molar-refractivity contribution in [1.29, 1.82) is 5.26 Å². The predicted molar refractivity (Wildman–Crippen MR) is 115 cm³/mol. The van der Waals surface area contributed by atoms with Crippen LogP contribution in [0.5, 0.6) is 0 Å². The summed E-state index contributed by atoms with van der Waals surface area (Å²) in [6.45, 7) is 6.50. The summed E-state index contributed by atoms with van der Waals surface area (Å²) < 4.78 is 5.10. The molecule has 1 saturated heterocycles. The first-order chi connectivity index (χ1) is 14.7. The zero-order valence-electron chi connectivity index (χ0n) is 18.2. The van der Waals surface area contributed by atoms with Crippen LogP contribution < -0.4 is 10.2 Å². The van der Waals surface area contributed by atoms with E-state index in [-0.39, 0.29) is 11.9 Å². The summed E-state index contributed by atoms with van der Waals surface area (Å²) >= 11 is 0. The van der Waals surface area contributed by atoms with Gasteiger partial charge in [0, 0.05) is 45.2 Å². The molecule has 0 unspecified atom stereocenters. The Kier molecular flexibility index (Phi) is 6.55. The van der Waals surface area contributed by atoms with Gasteiger partial charge in [-0.05, 0) is 43.4 Å². The standard InChI is InChI=1S/C23H33N5O2/c1-3-4-17-15-27(10-11-28(17)21(29)8-12-30-2)23-19(13-24)18-7-9-25-14-20(18)22(26-23)16-5-6-16/h16-17,25H,3-12,14-15H2,1-2H3/t17-/m1/s1. The lowest BCUT2D eigenvalue weighted by Gasteiger charge is -2.43. The number of hydrogen-bond acceptors (Lipinski definition) is 6. The van der Waals surface area contributed by atoms with Crippen LogP contribution in [-0.4, -0.2) is 61.7 Å². The molecule has 3 heterocycles. The van der Waals surface area contributed by atoms with Crippen molar-refractivity contribution in [3.63, 3.8) is 0 Å². The minimum atomic E-state index is 0.156. The van der Waals surface area contributed by atoms with Gasteiger partial charge in [0.2, 0.25) is 5.91 Å². The van der Waals surface area contributed by atoms with Crippen molar-refractivity contribution in [3.05, 3.63) is 22.4 Å². The molecule has 0 spiro atoms. The average molecular weight is 412 g/mol. The number of aromatic nitrogens is 1. The number of carbonyl (C=O) groups excluding carboxylic acids is 1. The quantitative estimate of drug-likeness (QED) is 0.742. The molecule has 1 amide bonds. The van der Waals surface area contributed by atoms with E-state index >= 15 is 0 Å². The highest BCUT2D eigenvalue weighted by Crippen LogP contribution is 2.44. The van der Waals surface area contributed by atoms with Gasteiger partial charge in [-0.1, -0.05) is 13.3 Å². The van der Waals surface area contributed by atoms with E-state index in [1.807, 2.05) is 4.90 Å². The van der Waals surface area contributed by atoms with Crippen molar-refractivity contribution >= 4 is 11.7 Å². The summed E-state index contributed by atoms with van der Waals surface area (Å²) in [5.74, 6) is 1.57. The highest BCUT2D eigenvalue weighted by Gasteiger charge is 2.35. The van der Waals surface area contributed by atoms with Gasteiger partial charge in [0.15, 0.2) is 0 Å². The van der Waals surface area contributed by atoms with E-state index < -0.39 is 0 Å². The van der Waals surface area contributed by atoms with E-state index in [4.69, 9.17) is 9.72 Å². The Labute approximate surface area is 179 Å². The average Bonchev–Trinajstić information content (AvgIpc) is 3.62. The molecule has 0 bridgehead atoms. The fraction of sp³-hybridized carbons (Fsp3) is 0.696. The number of nitrogens with one attached hydrogen (secondary N) is 1. The van der Waals surface area contributed by atoms with E-state index in [0.29, 0.717) is 25.5 Å². The highest BCUT2D eigenvalue weighted by atomic mass is 16.5. The lowest BCUT2D eigenvalue weighted by atomic mass is 9.93. The van der Waals surface area contributed by atoms with Crippen LogP contribution in [0.25, 0.3) is 0 Å². The second kappa shape index (κ2) is 9.32. The Morgan fingerprint density at radius 1 is 1.33 bits per heavy atom. The van der Waals surface area contributed by atoms with Crippen molar-refractivity contribution in [2.75, 3.05) is 44.8 Å². The number of methoxy groups -OCH3 is 1. The number of nitrogens with zero attached hydrogens (tertiary/aromatic N) is 4. The lowest BCUT2D eigenvalue weighted by Crippen LogP contribution is -2.55. The van der Waals surface area contributed by atoms with E-state index in [2.05, 4.69) is 23.2 Å². The molecule has 1 aliphatic carbocycles. The molecule has 4 rings (SSSR count). The van der Waals surface area contributed by atoms with Crippen molar-refractivity contribution in [1.82, 2.24) is 15.2 Å². The van der Waals surface area contributed by atoms with Gasteiger partial charge in [0.1, 0.15) is 11.9 Å². The van der Waals surface area contributed by atoms with E-state index in [1.54, 1.807) is 7.11 Å². The second-order valence-electron chi connectivity index (χ2n) is 8.68. The Morgan fingerprint density at radius 3 is 2.87 bits per heavy atom. The summed E-state index contributed by atoms with van der Waals surface area (Å²) in [6, 6.07) is 2.64. The minimum absolute atomic E-state index is 0.156. The third-order valence-electron chi connectivity index (χ3n) is 6.60. The maximum Gasteiger partial charge on any atom is 0.225 e. The Balaban J connectivity index is 1.63. The molecule has 7 nitrogen and oxygen atoms in total. The van der Waals surface area contributed by atoms with Gasteiger partial charge in [0.05, 0.1) is 24.3 Å². The third kappa shape index (κ3) is 4.17. The van der Waals surface area contributed by atoms with Gasteiger partial charge in [-0.25, -0.2) is 4.98 Å². The molecule has 7 heteroatoms. The van der Waals surface area contributed by atoms with Gasteiger partial charge in [-0.15, -0.1) is 0 Å². The van der Waals surface area contributed by atoms with Gasteiger partial charge < -0.3 is 19.9 Å². The summed E-state index contributed by atoms with van der Waals surface area (Å²) in [5, 5.41) is 13.5. The Bertz CT molecular complexity index is 830. The smallest absolute Gasteiger partial charge is 0.225 e. The lowest BCUT2D eigenvalue weighted by molar-refractivity contribution is -0.135. The van der Waals surface area contributed by atoms with Crippen LogP contribution in [0, 0.1) is 11.3 Å². The number of rotatable bonds is 7. The number of amides is 1. The van der Waals surface area contributed by atoms with Crippen LogP contribution in [0.4, 0.5) is 5.82 Å². The summed E-state index contributed by atoms with van der Waals surface area (Å²) in [5.41, 5.74) is 4.43. The van der Waals surface area contributed by atoms with Crippen LogP contribution in [-0.2, 0) is 22.5 Å². The number of carbonyl (C=O) groups is 1. The fourth-order valence-corrected chi connectivity index (χ4v) is 4.91. The number of anilines is 1. The predicted octanol–water partition coefficient (Wildman–Crippen LogP) is 2.33. The van der Waals surface area contributed by atoms with Crippen molar-refractivity contribution in [3.8, 4) is 6.07 Å². The molecular weight excluding hydrogens is 378 g/mol. The van der Waals surface area contributed by atoms with Crippen molar-refractivity contribution in [2.24, 2.45) is 0 Å². The zero-order valence-corrected chi connectivity index (χ0v) is 18.2. The minimum Gasteiger partial charge on any atom is -0.384 e. The number of fused-ring (bicyclic) bond motifs is 1. The highest BCUT2D eigenvalue weighted by molar-refractivity contribution is 5.77. The topological polar surface area (TPSA) is 81.5 Å². The Hall–Kier alpha value is -2.17. The molecule has 1 aromatic rings. The van der Waals surface area contributed by atoms with Gasteiger partial charge in [-0.2, -0.15) is 5.26 Å².